The number of nitrogens with zero attached hydrogens (tertiary/aromatic N) is 2. The van der Waals surface area contributed by atoms with Gasteiger partial charge in [0.1, 0.15) is 0 Å². The van der Waals surface area contributed by atoms with Gasteiger partial charge in [-0.1, -0.05) is 54.4 Å². The summed E-state index contributed by atoms with van der Waals surface area (Å²) in [6.07, 6.45) is 5.45. The second kappa shape index (κ2) is 11.8. The zero-order valence-corrected chi connectivity index (χ0v) is 22.3. The van der Waals surface area contributed by atoms with E-state index in [1.54, 1.807) is 23.1 Å². The number of ether oxygens (including phenoxy) is 1. The number of hydrogen-bond donors (Lipinski definition) is 1. The smallest absolute Gasteiger partial charge is 0.294 e. The van der Waals surface area contributed by atoms with E-state index in [1.807, 2.05) is 60.7 Å². The summed E-state index contributed by atoms with van der Waals surface area (Å²) in [6, 6.07) is 22.7. The lowest BCUT2D eigenvalue weighted by Crippen LogP contribution is -2.42. The average Bonchev–Trinajstić information content (AvgIpc) is 2.93. The first-order valence-corrected chi connectivity index (χ1v) is 13.5. The number of amides is 2. The molecule has 0 aromatic heterocycles. The van der Waals surface area contributed by atoms with Crippen molar-refractivity contribution in [3.8, 4) is 5.75 Å². The van der Waals surface area contributed by atoms with E-state index in [0.29, 0.717) is 35.5 Å². The van der Waals surface area contributed by atoms with Crippen LogP contribution in [0, 0.1) is 0 Å². The largest absolute Gasteiger partial charge is 0.449 e. The molecule has 7 heteroatoms. The number of para-hydroxylation sites is 2. The molecule has 2 heterocycles. The summed E-state index contributed by atoms with van der Waals surface area (Å²) in [7, 11) is 0. The van der Waals surface area contributed by atoms with Crippen LogP contribution in [0.25, 0.3) is 6.08 Å². The van der Waals surface area contributed by atoms with Crippen molar-refractivity contribution in [2.24, 2.45) is 0 Å². The molecule has 1 saturated heterocycles. The molecule has 0 aliphatic carbocycles. The number of fused-ring (bicyclic) bond motifs is 1. The highest BCUT2D eigenvalue weighted by Crippen LogP contribution is 2.36. The molecule has 3 aromatic carbocycles. The molecule has 0 saturated carbocycles. The van der Waals surface area contributed by atoms with Gasteiger partial charge in [0.25, 0.3) is 11.8 Å². The second-order valence-corrected chi connectivity index (χ2v) is 10.3. The highest BCUT2D eigenvalue weighted by molar-refractivity contribution is 6.30. The Morgan fingerprint density at radius 1 is 1.05 bits per heavy atom. The molecule has 0 spiro atoms. The number of carbonyl (C=O) groups is 2. The Bertz CT molecular complexity index is 1320. The van der Waals surface area contributed by atoms with Crippen molar-refractivity contribution in [3.05, 3.63) is 100 Å². The maximum Gasteiger partial charge on any atom is 0.294 e. The van der Waals surface area contributed by atoms with Crippen molar-refractivity contribution in [3.63, 3.8) is 0 Å². The van der Waals surface area contributed by atoms with Crippen molar-refractivity contribution in [2.45, 2.75) is 38.8 Å². The Kier molecular flexibility index (Phi) is 8.11. The molecular weight excluding hydrogens is 498 g/mol. The van der Waals surface area contributed by atoms with Gasteiger partial charge >= 0.3 is 0 Å². The average molecular weight is 530 g/mol. The Balaban J connectivity index is 1.26. The lowest BCUT2D eigenvalue weighted by Gasteiger charge is -2.33. The van der Waals surface area contributed by atoms with Gasteiger partial charge in [-0.05, 0) is 79.9 Å². The minimum absolute atomic E-state index is 0.0954. The molecule has 1 atom stereocenters. The van der Waals surface area contributed by atoms with Crippen LogP contribution < -0.4 is 15.0 Å². The molecule has 6 nitrogen and oxygen atoms in total. The van der Waals surface area contributed by atoms with E-state index in [9.17, 15) is 9.59 Å². The van der Waals surface area contributed by atoms with Crippen LogP contribution in [0.3, 0.4) is 0 Å². The van der Waals surface area contributed by atoms with E-state index in [2.05, 4.69) is 17.1 Å². The Morgan fingerprint density at radius 2 is 1.82 bits per heavy atom. The van der Waals surface area contributed by atoms with Gasteiger partial charge in [-0.3, -0.25) is 19.4 Å². The Hall–Kier alpha value is -3.61. The molecule has 1 fully saturated rings. The Morgan fingerprint density at radius 3 is 2.58 bits per heavy atom. The molecule has 2 aliphatic heterocycles. The molecule has 0 radical (unpaired) electrons. The number of benzene rings is 3. The van der Waals surface area contributed by atoms with Gasteiger partial charge in [0.2, 0.25) is 0 Å². The molecule has 5 rings (SSSR count). The second-order valence-electron chi connectivity index (χ2n) is 9.85. The van der Waals surface area contributed by atoms with Crippen LogP contribution >= 0.6 is 11.6 Å². The molecule has 2 aliphatic rings. The van der Waals surface area contributed by atoms with Gasteiger partial charge in [0.05, 0.1) is 12.2 Å². The fourth-order valence-corrected chi connectivity index (χ4v) is 5.10. The normalized spacial score (nSPS) is 18.7. The standard InChI is InChI=1S/C31H32ClN3O3/c1-22-6-4-5-18-34(22)19-17-33-30(36)25-13-9-23(10-14-25)20-29-31(37)35(21-24-11-15-26(32)16-12-24)27-7-2-3-8-28(27)38-29/h2-3,7-16,20,22H,4-6,17-19,21H2,1H3,(H,33,36)/b29-20-. The number of halogens is 1. The zero-order valence-electron chi connectivity index (χ0n) is 21.5. The number of hydrogen-bond acceptors (Lipinski definition) is 4. The molecule has 1 unspecified atom stereocenters. The molecule has 196 valence electrons. The number of carbonyl (C=O) groups excluding carboxylic acids is 2. The summed E-state index contributed by atoms with van der Waals surface area (Å²) in [4.78, 5) is 30.3. The van der Waals surface area contributed by atoms with Crippen molar-refractivity contribution in [1.29, 1.82) is 0 Å². The summed E-state index contributed by atoms with van der Waals surface area (Å²) in [5.74, 6) is 0.520. The van der Waals surface area contributed by atoms with E-state index in [-0.39, 0.29) is 17.6 Å². The van der Waals surface area contributed by atoms with Crippen LogP contribution in [-0.4, -0.2) is 42.4 Å². The predicted octanol–water partition coefficient (Wildman–Crippen LogP) is 5.91. The van der Waals surface area contributed by atoms with Crippen molar-refractivity contribution >= 4 is 35.2 Å². The summed E-state index contributed by atoms with van der Waals surface area (Å²) < 4.78 is 6.00. The van der Waals surface area contributed by atoms with Crippen molar-refractivity contribution in [1.82, 2.24) is 10.2 Å². The van der Waals surface area contributed by atoms with E-state index >= 15 is 0 Å². The zero-order chi connectivity index (χ0) is 26.5. The van der Waals surface area contributed by atoms with E-state index in [1.165, 1.54) is 19.3 Å². The molecule has 38 heavy (non-hydrogen) atoms. The van der Waals surface area contributed by atoms with Crippen LogP contribution in [-0.2, 0) is 11.3 Å². The first kappa shape index (κ1) is 26.0. The van der Waals surface area contributed by atoms with Crippen molar-refractivity contribution < 1.29 is 14.3 Å². The van der Waals surface area contributed by atoms with Gasteiger partial charge in [0.15, 0.2) is 11.5 Å². The number of piperidine rings is 1. The molecule has 2 amide bonds. The van der Waals surface area contributed by atoms with Crippen LogP contribution in [0.5, 0.6) is 5.75 Å². The highest BCUT2D eigenvalue weighted by Gasteiger charge is 2.30. The predicted molar refractivity (Wildman–Crippen MR) is 151 cm³/mol. The van der Waals surface area contributed by atoms with Gasteiger partial charge in [-0.25, -0.2) is 0 Å². The van der Waals surface area contributed by atoms with Gasteiger partial charge < -0.3 is 10.1 Å². The van der Waals surface area contributed by atoms with Crippen LogP contribution in [0.15, 0.2) is 78.6 Å². The summed E-state index contributed by atoms with van der Waals surface area (Å²) in [5, 5.41) is 3.68. The quantitative estimate of drug-likeness (QED) is 0.386. The van der Waals surface area contributed by atoms with Crippen LogP contribution in [0.1, 0.15) is 47.7 Å². The van der Waals surface area contributed by atoms with Crippen LogP contribution in [0.2, 0.25) is 5.02 Å². The van der Waals surface area contributed by atoms with E-state index in [0.717, 1.165) is 29.9 Å². The van der Waals surface area contributed by atoms with Gasteiger partial charge in [-0.2, -0.15) is 0 Å². The number of nitrogens with one attached hydrogen (secondary N) is 1. The Labute approximate surface area is 228 Å². The minimum Gasteiger partial charge on any atom is -0.449 e. The third-order valence-corrected chi connectivity index (χ3v) is 7.43. The lowest BCUT2D eigenvalue weighted by atomic mass is 10.0. The summed E-state index contributed by atoms with van der Waals surface area (Å²) >= 11 is 6.03. The van der Waals surface area contributed by atoms with Crippen LogP contribution in [0.4, 0.5) is 5.69 Å². The van der Waals surface area contributed by atoms with Gasteiger partial charge in [-0.15, -0.1) is 0 Å². The van der Waals surface area contributed by atoms with E-state index in [4.69, 9.17) is 16.3 Å². The first-order valence-electron chi connectivity index (χ1n) is 13.1. The fourth-order valence-electron chi connectivity index (χ4n) is 4.98. The fraction of sp³-hybridized carbons (Fsp3) is 0.290. The van der Waals surface area contributed by atoms with E-state index < -0.39 is 0 Å². The third-order valence-electron chi connectivity index (χ3n) is 7.18. The topological polar surface area (TPSA) is 61.9 Å². The molecular formula is C31H32ClN3O3. The maximum atomic E-state index is 13.4. The maximum absolute atomic E-state index is 13.4. The van der Waals surface area contributed by atoms with Crippen molar-refractivity contribution in [2.75, 3.05) is 24.5 Å². The number of anilines is 1. The summed E-state index contributed by atoms with van der Waals surface area (Å²) in [5.41, 5.74) is 3.04. The third kappa shape index (κ3) is 6.09. The molecule has 3 aromatic rings. The summed E-state index contributed by atoms with van der Waals surface area (Å²) in [6.45, 7) is 5.24. The highest BCUT2D eigenvalue weighted by atomic mass is 35.5. The first-order chi connectivity index (χ1) is 18.5. The number of likely N-dealkylation sites (tertiary alicyclic amines) is 1. The number of rotatable bonds is 7. The van der Waals surface area contributed by atoms with Gasteiger partial charge in [0, 0.05) is 29.7 Å². The monoisotopic (exact) mass is 529 g/mol. The minimum atomic E-state index is -0.229. The SMILES string of the molecule is CC1CCCCN1CCNC(=O)c1ccc(/C=C2\Oc3ccccc3N(Cc3ccc(Cl)cc3)C2=O)cc1. The lowest BCUT2D eigenvalue weighted by molar-refractivity contribution is -0.117. The molecule has 1 N–H and O–H groups in total. The molecule has 0 bridgehead atoms.